The summed E-state index contributed by atoms with van der Waals surface area (Å²) in [6.07, 6.45) is 9.78. The number of amides is 4. The summed E-state index contributed by atoms with van der Waals surface area (Å²) in [6.45, 7) is 1.90. The topological polar surface area (TPSA) is 208 Å². The molecule has 2 aliphatic heterocycles. The summed E-state index contributed by atoms with van der Waals surface area (Å²) in [4.78, 5) is 67.8. The molecule has 4 amide bonds. The maximum atomic E-state index is 14.8. The summed E-state index contributed by atoms with van der Waals surface area (Å²) >= 11 is 0. The van der Waals surface area contributed by atoms with Crippen LogP contribution in [0.2, 0.25) is 0 Å². The van der Waals surface area contributed by atoms with Crippen LogP contribution in [0.1, 0.15) is 89.0 Å². The lowest BCUT2D eigenvalue weighted by Crippen LogP contribution is -2.58. The predicted octanol–water partition coefficient (Wildman–Crippen LogP) is 5.75. The van der Waals surface area contributed by atoms with E-state index in [1.165, 1.54) is 4.90 Å². The first-order valence-corrected chi connectivity index (χ1v) is 23.3. The first-order valence-electron chi connectivity index (χ1n) is 21.7. The van der Waals surface area contributed by atoms with Crippen molar-refractivity contribution in [1.29, 1.82) is 0 Å². The number of nitrogens with zero attached hydrogens (tertiary/aromatic N) is 3. The molecule has 3 N–H and O–H groups in total. The van der Waals surface area contributed by atoms with E-state index >= 15 is 0 Å². The van der Waals surface area contributed by atoms with Crippen LogP contribution in [0.15, 0.2) is 59.0 Å². The van der Waals surface area contributed by atoms with Gasteiger partial charge in [0.15, 0.2) is 5.82 Å². The van der Waals surface area contributed by atoms with Crippen LogP contribution in [-0.2, 0) is 29.1 Å². The Morgan fingerprint density at radius 2 is 1.73 bits per heavy atom. The third-order valence-corrected chi connectivity index (χ3v) is 14.6. The highest BCUT2D eigenvalue weighted by atomic mass is 32.2. The number of benzene rings is 2. The Hall–Kier alpha value is -5.71. The molecule has 4 fully saturated rings. The van der Waals surface area contributed by atoms with Crippen molar-refractivity contribution in [3.63, 3.8) is 0 Å². The van der Waals surface area contributed by atoms with E-state index in [4.69, 9.17) is 28.6 Å². The number of alkyl carbamates (subject to hydrolysis) is 1. The van der Waals surface area contributed by atoms with Crippen molar-refractivity contribution in [2.45, 2.75) is 125 Å². The third-order valence-electron chi connectivity index (χ3n) is 12.8. The summed E-state index contributed by atoms with van der Waals surface area (Å²) in [5.41, 5.74) is 1.53. The molecule has 3 aliphatic carbocycles. The number of carbonyl (C=O) groups excluding carboxylic acids is 4. The van der Waals surface area contributed by atoms with Crippen LogP contribution in [-0.4, -0.2) is 95.8 Å². The van der Waals surface area contributed by atoms with Gasteiger partial charge in [0.1, 0.15) is 46.7 Å². The fraction of sp³-hybridized carbons (Fsp3) is 0.511. The molecule has 4 heterocycles. The van der Waals surface area contributed by atoms with Gasteiger partial charge in [-0.05, 0) is 108 Å². The molecule has 0 unspecified atom stereocenters. The second-order valence-electron chi connectivity index (χ2n) is 17.4. The van der Waals surface area contributed by atoms with E-state index in [0.717, 1.165) is 49.5 Å². The number of hydrogen-bond acceptors (Lipinski definition) is 12. The smallest absolute Gasteiger partial charge is 0.408 e. The van der Waals surface area contributed by atoms with Crippen molar-refractivity contribution < 1.29 is 46.2 Å². The molecule has 17 heteroatoms. The standard InChI is InChI=1S/C45H52N6O10S/c1-26-14-21-36-33(22-26)37-38(61-36)41(48-39(47-37)27-15-17-29(58-2)18-16-27)59-31-23-35-40(52)49-45(43(54)50-62(56,57)32-19-20-32)24-28(45)10-6-4-3-5-7-13-34(42(53)51(35)25-31)46-44(55)60-30-11-8-9-12-30/h6,10,14-18,21-22,28,30-32,34-35H,3-5,7-9,11-13,19-20,23-25H2,1-2H3,(H,46,55)(H,49,52)(H,50,54)/b10-6-/t28-,31-,34+,35+,45-/m1/s1. The Kier molecular flexibility index (Phi) is 11.3. The summed E-state index contributed by atoms with van der Waals surface area (Å²) in [5.74, 6) is -1.28. The lowest BCUT2D eigenvalue weighted by atomic mass is 10.0. The highest BCUT2D eigenvalue weighted by molar-refractivity contribution is 7.91. The monoisotopic (exact) mass is 868 g/mol. The lowest BCUT2D eigenvalue weighted by molar-refractivity contribution is -0.141. The van der Waals surface area contributed by atoms with Crippen LogP contribution in [0.3, 0.4) is 0 Å². The van der Waals surface area contributed by atoms with Gasteiger partial charge in [-0.3, -0.25) is 19.1 Å². The molecular formula is C45H52N6O10S. The van der Waals surface area contributed by atoms with Gasteiger partial charge in [0.25, 0.3) is 11.8 Å². The number of furan rings is 1. The van der Waals surface area contributed by atoms with Gasteiger partial charge in [-0.1, -0.05) is 36.6 Å². The molecule has 16 nitrogen and oxygen atoms in total. The van der Waals surface area contributed by atoms with Gasteiger partial charge in [-0.15, -0.1) is 0 Å². The first kappa shape index (κ1) is 41.6. The predicted molar refractivity (Wildman–Crippen MR) is 228 cm³/mol. The summed E-state index contributed by atoms with van der Waals surface area (Å²) in [7, 11) is -2.34. The van der Waals surface area contributed by atoms with E-state index in [-0.39, 0.29) is 37.0 Å². The Balaban J connectivity index is 1.06. The second kappa shape index (κ2) is 16.9. The van der Waals surface area contributed by atoms with Gasteiger partial charge in [0, 0.05) is 23.3 Å². The molecular weight excluding hydrogens is 817 g/mol. The van der Waals surface area contributed by atoms with E-state index in [2.05, 4.69) is 15.4 Å². The number of fused-ring (bicyclic) bond motifs is 5. The average molecular weight is 869 g/mol. The van der Waals surface area contributed by atoms with Gasteiger partial charge >= 0.3 is 6.09 Å². The average Bonchev–Trinajstić information content (AvgIpc) is 4.07. The zero-order chi connectivity index (χ0) is 43.2. The fourth-order valence-electron chi connectivity index (χ4n) is 9.02. The molecule has 0 radical (unpaired) electrons. The van der Waals surface area contributed by atoms with Gasteiger partial charge in [0.05, 0.1) is 18.9 Å². The van der Waals surface area contributed by atoms with Crippen LogP contribution in [0.5, 0.6) is 11.6 Å². The van der Waals surface area contributed by atoms with E-state index < -0.39 is 68.7 Å². The highest BCUT2D eigenvalue weighted by Crippen LogP contribution is 2.46. The van der Waals surface area contributed by atoms with Crippen LogP contribution >= 0.6 is 0 Å². The number of carbonyl (C=O) groups is 4. The van der Waals surface area contributed by atoms with Crippen molar-refractivity contribution in [2.24, 2.45) is 5.92 Å². The maximum Gasteiger partial charge on any atom is 0.408 e. The van der Waals surface area contributed by atoms with Crippen molar-refractivity contribution in [2.75, 3.05) is 13.7 Å². The van der Waals surface area contributed by atoms with Gasteiger partial charge in [0.2, 0.25) is 27.4 Å². The zero-order valence-corrected chi connectivity index (χ0v) is 35.7. The Morgan fingerprint density at radius 3 is 2.48 bits per heavy atom. The summed E-state index contributed by atoms with van der Waals surface area (Å²) < 4.78 is 52.3. The fourth-order valence-corrected chi connectivity index (χ4v) is 10.4. The minimum atomic E-state index is -3.92. The number of methoxy groups -OCH3 is 1. The maximum absolute atomic E-state index is 14.8. The molecule has 62 heavy (non-hydrogen) atoms. The van der Waals surface area contributed by atoms with Gasteiger partial charge < -0.3 is 34.2 Å². The molecule has 328 valence electrons. The molecule has 1 saturated heterocycles. The van der Waals surface area contributed by atoms with E-state index in [9.17, 15) is 27.6 Å². The number of nitrogens with one attached hydrogen (secondary N) is 3. The summed E-state index contributed by atoms with van der Waals surface area (Å²) in [5, 5.41) is 5.85. The second-order valence-corrected chi connectivity index (χ2v) is 19.3. The van der Waals surface area contributed by atoms with Crippen molar-refractivity contribution in [1.82, 2.24) is 30.2 Å². The van der Waals surface area contributed by atoms with E-state index in [1.807, 2.05) is 49.4 Å². The molecule has 9 rings (SSSR count). The molecule has 5 atom stereocenters. The molecule has 4 aromatic rings. The van der Waals surface area contributed by atoms with E-state index in [0.29, 0.717) is 60.3 Å². The number of rotatable bonds is 9. The number of hydrogen-bond donors (Lipinski definition) is 3. The minimum absolute atomic E-state index is 0.0158. The highest BCUT2D eigenvalue weighted by Gasteiger charge is 2.62. The molecule has 5 aliphatic rings. The quantitative estimate of drug-likeness (QED) is 0.172. The van der Waals surface area contributed by atoms with Gasteiger partial charge in [-0.25, -0.2) is 18.2 Å². The van der Waals surface area contributed by atoms with Gasteiger partial charge in [-0.2, -0.15) is 4.98 Å². The van der Waals surface area contributed by atoms with Crippen LogP contribution < -0.4 is 24.8 Å². The summed E-state index contributed by atoms with van der Waals surface area (Å²) in [6, 6.07) is 10.8. The molecule has 3 saturated carbocycles. The number of aromatic nitrogens is 2. The molecule has 0 bridgehead atoms. The van der Waals surface area contributed by atoms with Crippen molar-refractivity contribution >= 4 is 55.9 Å². The van der Waals surface area contributed by atoms with E-state index in [1.54, 1.807) is 19.2 Å². The van der Waals surface area contributed by atoms with Crippen molar-refractivity contribution in [3.8, 4) is 23.0 Å². The third kappa shape index (κ3) is 8.55. The first-order chi connectivity index (χ1) is 29.9. The molecule has 2 aromatic heterocycles. The van der Waals surface area contributed by atoms with Crippen molar-refractivity contribution in [3.05, 3.63) is 60.2 Å². The zero-order valence-electron chi connectivity index (χ0n) is 34.9. The Morgan fingerprint density at radius 1 is 0.952 bits per heavy atom. The largest absolute Gasteiger partial charge is 0.497 e. The number of aryl methyl sites for hydroxylation is 1. The van der Waals surface area contributed by atoms with Crippen LogP contribution in [0, 0.1) is 12.8 Å². The normalized spacial score (nSPS) is 26.5. The Labute approximate surface area is 359 Å². The number of allylic oxidation sites excluding steroid dienone is 1. The lowest BCUT2D eigenvalue weighted by Gasteiger charge is -2.30. The SMILES string of the molecule is COc1ccc(-c2nc(O[C@@H]3C[C@H]4C(=O)N[C@]5(C(=O)NS(=O)(=O)C6CC6)C[C@H]5/C=C\CCCCC[C@H](NC(=O)OC5CCCC5)C(=O)N4C3)c3oc4ccc(C)cc4c3n2)cc1. The molecule has 2 aromatic carbocycles. The number of ether oxygens (including phenoxy) is 3. The molecule has 0 spiro atoms. The van der Waals surface area contributed by atoms with Crippen LogP contribution in [0.25, 0.3) is 33.5 Å². The number of sulfonamides is 1. The Bertz CT molecular complexity index is 2530. The minimum Gasteiger partial charge on any atom is -0.497 e. The van der Waals surface area contributed by atoms with Crippen LogP contribution in [0.4, 0.5) is 4.79 Å².